The molecule has 1 aliphatic rings. The molecular formula is C6H12N4O3. The topological polar surface area (TPSA) is 134 Å². The van der Waals surface area contributed by atoms with Gasteiger partial charge in [0, 0.05) is 0 Å². The van der Waals surface area contributed by atoms with Gasteiger partial charge in [0.1, 0.15) is 6.04 Å². The van der Waals surface area contributed by atoms with Gasteiger partial charge in [0.2, 0.25) is 0 Å². The fourth-order valence-corrected chi connectivity index (χ4v) is 1.10. The van der Waals surface area contributed by atoms with Crippen LogP contribution in [0.15, 0.2) is 4.99 Å². The lowest BCUT2D eigenvalue weighted by Crippen LogP contribution is -2.61. The highest BCUT2D eigenvalue weighted by atomic mass is 16.4. The fourth-order valence-electron chi connectivity index (χ4n) is 1.10. The molecule has 0 spiro atoms. The zero-order valence-electron chi connectivity index (χ0n) is 6.84. The zero-order chi connectivity index (χ0) is 10.0. The first-order chi connectivity index (χ1) is 6.02. The van der Waals surface area contributed by atoms with Crippen molar-refractivity contribution in [3.8, 4) is 0 Å². The molecule has 1 unspecified atom stereocenters. The molecule has 1 rings (SSSR count). The third-order valence-corrected chi connectivity index (χ3v) is 1.85. The molecule has 7 N–H and O–H groups in total. The second kappa shape index (κ2) is 3.58. The Bertz CT molecular complexity index is 242. The minimum atomic E-state index is -1.19. The molecule has 74 valence electrons. The summed E-state index contributed by atoms with van der Waals surface area (Å²) in [6, 6.07) is -1.97. The van der Waals surface area contributed by atoms with E-state index in [0.29, 0.717) is 0 Å². The third kappa shape index (κ3) is 2.07. The van der Waals surface area contributed by atoms with Gasteiger partial charge in [-0.05, 0) is 0 Å². The van der Waals surface area contributed by atoms with E-state index < -0.39 is 24.2 Å². The van der Waals surface area contributed by atoms with E-state index in [-0.39, 0.29) is 12.5 Å². The van der Waals surface area contributed by atoms with E-state index in [0.717, 1.165) is 0 Å². The predicted molar refractivity (Wildman–Crippen MR) is 45.0 cm³/mol. The van der Waals surface area contributed by atoms with Crippen LogP contribution in [0.3, 0.4) is 0 Å². The number of hydrogen-bond donors (Lipinski definition) is 5. The predicted octanol–water partition coefficient (Wildman–Crippen LogP) is -2.95. The van der Waals surface area contributed by atoms with Crippen LogP contribution in [0, 0.1) is 0 Å². The molecule has 0 saturated heterocycles. The van der Waals surface area contributed by atoms with Crippen molar-refractivity contribution >= 4 is 11.9 Å². The number of aliphatic hydroxyl groups excluding tert-OH is 1. The quantitative estimate of drug-likeness (QED) is 0.314. The van der Waals surface area contributed by atoms with Crippen molar-refractivity contribution in [1.29, 1.82) is 0 Å². The Balaban J connectivity index is 2.69. The molecule has 0 fully saturated rings. The van der Waals surface area contributed by atoms with Crippen molar-refractivity contribution in [1.82, 2.24) is 5.32 Å². The maximum atomic E-state index is 10.5. The van der Waals surface area contributed by atoms with Gasteiger partial charge >= 0.3 is 5.97 Å². The van der Waals surface area contributed by atoms with Crippen LogP contribution in [0.5, 0.6) is 0 Å². The Morgan fingerprint density at radius 3 is 2.92 bits per heavy atom. The van der Waals surface area contributed by atoms with E-state index in [2.05, 4.69) is 10.3 Å². The van der Waals surface area contributed by atoms with E-state index in [1.165, 1.54) is 0 Å². The fraction of sp³-hybridized carbons (Fsp3) is 0.667. The molecule has 0 radical (unpaired) electrons. The normalized spacial score (nSPS) is 30.2. The van der Waals surface area contributed by atoms with Gasteiger partial charge < -0.3 is 27.0 Å². The van der Waals surface area contributed by atoms with Crippen LogP contribution in [0.25, 0.3) is 0 Å². The Morgan fingerprint density at radius 1 is 1.77 bits per heavy atom. The summed E-state index contributed by atoms with van der Waals surface area (Å²) in [6.07, 6.45) is -0.918. The van der Waals surface area contributed by atoms with Crippen molar-refractivity contribution in [2.75, 3.05) is 6.54 Å². The van der Waals surface area contributed by atoms with Gasteiger partial charge in [0.05, 0.1) is 18.7 Å². The highest BCUT2D eigenvalue weighted by Gasteiger charge is 2.33. The van der Waals surface area contributed by atoms with Crippen LogP contribution in [0.4, 0.5) is 0 Å². The Morgan fingerprint density at radius 2 is 2.38 bits per heavy atom. The van der Waals surface area contributed by atoms with Crippen LogP contribution in [0.1, 0.15) is 0 Å². The Hall–Kier alpha value is -1.34. The molecule has 13 heavy (non-hydrogen) atoms. The molecule has 0 bridgehead atoms. The number of carboxylic acids is 1. The van der Waals surface area contributed by atoms with Crippen molar-refractivity contribution in [3.63, 3.8) is 0 Å². The molecule has 1 aliphatic heterocycles. The lowest BCUT2D eigenvalue weighted by atomic mass is 10.0. The van der Waals surface area contributed by atoms with Gasteiger partial charge in [0.15, 0.2) is 5.96 Å². The van der Waals surface area contributed by atoms with Gasteiger partial charge in [-0.1, -0.05) is 0 Å². The van der Waals surface area contributed by atoms with Gasteiger partial charge in [-0.3, -0.25) is 9.79 Å². The SMILES string of the molecule is NC1=NC[C@@H](O)C([C@H](N)C(=O)O)N1. The minimum Gasteiger partial charge on any atom is -0.480 e. The number of carboxylic acid groups (broad SMARTS) is 1. The summed E-state index contributed by atoms with van der Waals surface area (Å²) in [6.45, 7) is 0.0739. The zero-order valence-corrected chi connectivity index (χ0v) is 6.84. The summed E-state index contributed by atoms with van der Waals surface area (Å²) in [5.41, 5.74) is 10.6. The van der Waals surface area contributed by atoms with E-state index >= 15 is 0 Å². The highest BCUT2D eigenvalue weighted by molar-refractivity contribution is 5.81. The van der Waals surface area contributed by atoms with Gasteiger partial charge in [-0.2, -0.15) is 0 Å². The molecular weight excluding hydrogens is 176 g/mol. The molecule has 0 aromatic carbocycles. The number of rotatable bonds is 2. The van der Waals surface area contributed by atoms with E-state index in [4.69, 9.17) is 16.6 Å². The monoisotopic (exact) mass is 188 g/mol. The molecule has 0 saturated carbocycles. The first-order valence-electron chi connectivity index (χ1n) is 3.75. The van der Waals surface area contributed by atoms with Gasteiger partial charge in [-0.25, -0.2) is 0 Å². The number of aliphatic imine (C=N–C) groups is 1. The molecule has 0 aliphatic carbocycles. The first kappa shape index (κ1) is 9.75. The number of aliphatic hydroxyl groups is 1. The van der Waals surface area contributed by atoms with E-state index in [1.54, 1.807) is 0 Å². The van der Waals surface area contributed by atoms with Crippen molar-refractivity contribution in [2.45, 2.75) is 18.2 Å². The van der Waals surface area contributed by atoms with Gasteiger partial charge in [0.25, 0.3) is 0 Å². The van der Waals surface area contributed by atoms with Crippen LogP contribution >= 0.6 is 0 Å². The number of guanidine groups is 1. The third-order valence-electron chi connectivity index (χ3n) is 1.85. The molecule has 7 heteroatoms. The lowest BCUT2D eigenvalue weighted by Gasteiger charge is -2.29. The molecule has 7 nitrogen and oxygen atoms in total. The summed E-state index contributed by atoms with van der Waals surface area (Å²) in [5.74, 6) is -1.08. The summed E-state index contributed by atoms with van der Waals surface area (Å²) < 4.78 is 0. The number of nitrogens with one attached hydrogen (secondary N) is 1. The first-order valence-corrected chi connectivity index (χ1v) is 3.75. The Kier molecular flexibility index (Phi) is 2.69. The van der Waals surface area contributed by atoms with Gasteiger partial charge in [-0.15, -0.1) is 0 Å². The number of nitrogens with zero attached hydrogens (tertiary/aromatic N) is 1. The summed E-state index contributed by atoms with van der Waals surface area (Å²) in [5, 5.41) is 20.4. The summed E-state index contributed by atoms with van der Waals surface area (Å²) in [4.78, 5) is 14.2. The second-order valence-corrected chi connectivity index (χ2v) is 2.83. The van der Waals surface area contributed by atoms with E-state index in [9.17, 15) is 9.90 Å². The largest absolute Gasteiger partial charge is 0.480 e. The smallest absolute Gasteiger partial charge is 0.322 e. The average molecular weight is 188 g/mol. The molecule has 0 aromatic heterocycles. The molecule has 1 heterocycles. The number of aliphatic carboxylic acids is 1. The molecule has 0 amide bonds. The summed E-state index contributed by atoms with van der Waals surface area (Å²) >= 11 is 0. The Labute approximate surface area is 74.4 Å². The van der Waals surface area contributed by atoms with Crippen LogP contribution < -0.4 is 16.8 Å². The van der Waals surface area contributed by atoms with Crippen molar-refractivity contribution in [2.24, 2.45) is 16.5 Å². The lowest BCUT2D eigenvalue weighted by molar-refractivity contribution is -0.140. The van der Waals surface area contributed by atoms with Crippen LogP contribution in [0.2, 0.25) is 0 Å². The van der Waals surface area contributed by atoms with Crippen LogP contribution in [-0.4, -0.2) is 46.9 Å². The van der Waals surface area contributed by atoms with E-state index in [1.807, 2.05) is 0 Å². The number of nitrogens with two attached hydrogens (primary N) is 2. The number of hydrogen-bond acceptors (Lipinski definition) is 6. The highest BCUT2D eigenvalue weighted by Crippen LogP contribution is 2.03. The second-order valence-electron chi connectivity index (χ2n) is 2.83. The minimum absolute atomic E-state index is 0.0739. The maximum absolute atomic E-state index is 10.5. The summed E-state index contributed by atoms with van der Waals surface area (Å²) in [7, 11) is 0. The molecule has 3 atom stereocenters. The molecule has 0 aromatic rings. The number of carbonyl (C=O) groups is 1. The standard InChI is InChI=1S/C6H12N4O3/c7-3(5(12)13)4-2(11)1-9-6(8)10-4/h2-4,11H,1,7H2,(H,12,13)(H3,8,9,10)/t2-,3+,4?/m1/s1. The van der Waals surface area contributed by atoms with Crippen LogP contribution in [-0.2, 0) is 4.79 Å². The maximum Gasteiger partial charge on any atom is 0.322 e. The average Bonchev–Trinajstić information content (AvgIpc) is 2.08. The van der Waals surface area contributed by atoms with Crippen molar-refractivity contribution < 1.29 is 15.0 Å². The van der Waals surface area contributed by atoms with Crippen molar-refractivity contribution in [3.05, 3.63) is 0 Å².